The number of hydrogen-bond acceptors (Lipinski definition) is 7. The number of aromatic nitrogens is 6. The molecule has 136 valence electrons. The van der Waals surface area contributed by atoms with E-state index in [0.29, 0.717) is 17.2 Å². The van der Waals surface area contributed by atoms with Crippen molar-refractivity contribution < 1.29 is 5.11 Å². The normalized spacial score (nSPS) is 11.7. The average Bonchev–Trinajstić information content (AvgIpc) is 3.07. The van der Waals surface area contributed by atoms with E-state index < -0.39 is 5.60 Å². The molecule has 0 bridgehead atoms. The van der Waals surface area contributed by atoms with E-state index in [9.17, 15) is 5.11 Å². The summed E-state index contributed by atoms with van der Waals surface area (Å²) in [6, 6.07) is 7.45. The van der Waals surface area contributed by atoms with E-state index in [1.54, 1.807) is 37.0 Å². The van der Waals surface area contributed by atoms with E-state index in [0.717, 1.165) is 22.2 Å². The molecule has 4 rings (SSSR count). The van der Waals surface area contributed by atoms with Crippen LogP contribution in [0.2, 0.25) is 0 Å². The summed E-state index contributed by atoms with van der Waals surface area (Å²) in [6.45, 7) is 3.40. The number of rotatable bonds is 4. The smallest absolute Gasteiger partial charge is 0.154 e. The summed E-state index contributed by atoms with van der Waals surface area (Å²) < 4.78 is 1.75. The molecular formula is C19H19N7O. The highest BCUT2D eigenvalue weighted by Crippen LogP contribution is 2.24. The first-order chi connectivity index (χ1) is 12.9. The maximum Gasteiger partial charge on any atom is 0.154 e. The molecule has 0 spiro atoms. The summed E-state index contributed by atoms with van der Waals surface area (Å²) in [6.07, 6.45) is 7.08. The van der Waals surface area contributed by atoms with Crippen LogP contribution < -0.4 is 5.32 Å². The van der Waals surface area contributed by atoms with Crippen LogP contribution in [0.4, 0.5) is 11.6 Å². The highest BCUT2D eigenvalue weighted by atomic mass is 16.3. The maximum absolute atomic E-state index is 10.1. The number of anilines is 2. The van der Waals surface area contributed by atoms with Gasteiger partial charge in [-0.3, -0.25) is 9.67 Å². The Labute approximate surface area is 155 Å². The van der Waals surface area contributed by atoms with Gasteiger partial charge in [0.1, 0.15) is 5.82 Å². The van der Waals surface area contributed by atoms with Crippen molar-refractivity contribution in [1.29, 1.82) is 0 Å². The Hall–Kier alpha value is -3.39. The fourth-order valence-corrected chi connectivity index (χ4v) is 2.70. The number of nitrogens with one attached hydrogen (secondary N) is 1. The monoisotopic (exact) mass is 361 g/mol. The van der Waals surface area contributed by atoms with E-state index >= 15 is 0 Å². The van der Waals surface area contributed by atoms with Crippen LogP contribution in [0.5, 0.6) is 0 Å². The molecule has 0 aromatic carbocycles. The summed E-state index contributed by atoms with van der Waals surface area (Å²) in [5, 5.41) is 25.5. The van der Waals surface area contributed by atoms with Crippen molar-refractivity contribution in [2.75, 3.05) is 5.32 Å². The number of fused-ring (bicyclic) bond motifs is 1. The van der Waals surface area contributed by atoms with Crippen LogP contribution in [0.25, 0.3) is 22.2 Å². The minimum atomic E-state index is -0.994. The van der Waals surface area contributed by atoms with Crippen molar-refractivity contribution in [2.45, 2.75) is 19.4 Å². The van der Waals surface area contributed by atoms with E-state index in [1.165, 1.54) is 0 Å². The Bertz CT molecular complexity index is 1110. The fourth-order valence-electron chi connectivity index (χ4n) is 2.70. The lowest BCUT2D eigenvalue weighted by Crippen LogP contribution is -2.16. The third-order valence-electron chi connectivity index (χ3n) is 4.19. The largest absolute Gasteiger partial charge is 0.386 e. The highest BCUT2D eigenvalue weighted by Gasteiger charge is 2.17. The van der Waals surface area contributed by atoms with E-state index in [-0.39, 0.29) is 0 Å². The number of hydrogen-bond donors (Lipinski definition) is 2. The zero-order chi connectivity index (χ0) is 19.0. The van der Waals surface area contributed by atoms with Gasteiger partial charge in [0, 0.05) is 36.1 Å². The molecule has 8 nitrogen and oxygen atoms in total. The third-order valence-corrected chi connectivity index (χ3v) is 4.19. The standard InChI is InChI=1S/C19H19N7O/c1-19(2,27)14-7-18(25-21-10-14)24-17-5-4-15-16(23-17)6-12(8-20-15)13-9-22-26(3)11-13/h4-11,27H,1-3H3,(H,23,24,25). The first-order valence-corrected chi connectivity index (χ1v) is 8.47. The van der Waals surface area contributed by atoms with Crippen LogP contribution in [0.3, 0.4) is 0 Å². The molecule has 0 atom stereocenters. The Morgan fingerprint density at radius 1 is 1.00 bits per heavy atom. The lowest BCUT2D eigenvalue weighted by molar-refractivity contribution is 0.0781. The van der Waals surface area contributed by atoms with Gasteiger partial charge in [-0.2, -0.15) is 10.2 Å². The van der Waals surface area contributed by atoms with Crippen LogP contribution in [0.1, 0.15) is 19.4 Å². The van der Waals surface area contributed by atoms with Gasteiger partial charge in [0.2, 0.25) is 0 Å². The Morgan fingerprint density at radius 2 is 1.85 bits per heavy atom. The highest BCUT2D eigenvalue weighted by molar-refractivity contribution is 5.81. The zero-order valence-electron chi connectivity index (χ0n) is 15.2. The maximum atomic E-state index is 10.1. The van der Waals surface area contributed by atoms with Crippen LogP contribution in [0, 0.1) is 0 Å². The van der Waals surface area contributed by atoms with Crippen molar-refractivity contribution in [3.05, 3.63) is 54.6 Å². The third kappa shape index (κ3) is 3.61. The molecule has 27 heavy (non-hydrogen) atoms. The van der Waals surface area contributed by atoms with E-state index in [2.05, 4.69) is 30.6 Å². The number of aryl methyl sites for hydroxylation is 1. The molecule has 0 radical (unpaired) electrons. The topological polar surface area (TPSA) is 102 Å². The Kier molecular flexibility index (Phi) is 4.04. The summed E-state index contributed by atoms with van der Waals surface area (Å²) in [5.74, 6) is 1.13. The second kappa shape index (κ2) is 6.40. The van der Waals surface area contributed by atoms with Gasteiger partial charge in [-0.15, -0.1) is 5.10 Å². The van der Waals surface area contributed by atoms with Crippen molar-refractivity contribution in [3.63, 3.8) is 0 Å². The van der Waals surface area contributed by atoms with Gasteiger partial charge in [0.15, 0.2) is 5.82 Å². The SMILES string of the molecule is Cn1cc(-c2cnc3ccc(Nc4cc(C(C)(C)O)cnn4)nc3c2)cn1. The molecular weight excluding hydrogens is 342 g/mol. The molecule has 0 aliphatic heterocycles. The number of pyridine rings is 2. The molecule has 8 heteroatoms. The van der Waals surface area contributed by atoms with Gasteiger partial charge >= 0.3 is 0 Å². The predicted molar refractivity (Wildman–Crippen MR) is 102 cm³/mol. The minimum Gasteiger partial charge on any atom is -0.386 e. The summed E-state index contributed by atoms with van der Waals surface area (Å²) in [7, 11) is 1.88. The van der Waals surface area contributed by atoms with Crippen molar-refractivity contribution in [2.24, 2.45) is 7.05 Å². The molecule has 0 fully saturated rings. The van der Waals surface area contributed by atoms with Gasteiger partial charge in [0.25, 0.3) is 0 Å². The number of nitrogens with zero attached hydrogens (tertiary/aromatic N) is 6. The Balaban J connectivity index is 1.67. The quantitative estimate of drug-likeness (QED) is 0.576. The van der Waals surface area contributed by atoms with Crippen LogP contribution in [-0.2, 0) is 12.6 Å². The molecule has 0 saturated carbocycles. The molecule has 4 aromatic rings. The molecule has 0 amide bonds. The second-order valence-corrected chi connectivity index (χ2v) is 6.87. The summed E-state index contributed by atoms with van der Waals surface area (Å²) in [5.41, 5.74) is 3.16. The average molecular weight is 361 g/mol. The predicted octanol–water partition coefficient (Wildman–Crippen LogP) is 2.79. The molecule has 4 aromatic heterocycles. The second-order valence-electron chi connectivity index (χ2n) is 6.87. The van der Waals surface area contributed by atoms with Gasteiger partial charge in [0.05, 0.1) is 29.0 Å². The van der Waals surface area contributed by atoms with Crippen molar-refractivity contribution in [1.82, 2.24) is 29.9 Å². The summed E-state index contributed by atoms with van der Waals surface area (Å²) in [4.78, 5) is 9.10. The van der Waals surface area contributed by atoms with Gasteiger partial charge in [-0.1, -0.05) is 0 Å². The van der Waals surface area contributed by atoms with Gasteiger partial charge < -0.3 is 10.4 Å². The lowest BCUT2D eigenvalue weighted by atomic mass is 10.0. The van der Waals surface area contributed by atoms with E-state index in [4.69, 9.17) is 0 Å². The summed E-state index contributed by atoms with van der Waals surface area (Å²) >= 11 is 0. The number of aliphatic hydroxyl groups is 1. The van der Waals surface area contributed by atoms with Gasteiger partial charge in [-0.25, -0.2) is 4.98 Å². The van der Waals surface area contributed by atoms with Crippen LogP contribution >= 0.6 is 0 Å². The van der Waals surface area contributed by atoms with Crippen molar-refractivity contribution in [3.8, 4) is 11.1 Å². The minimum absolute atomic E-state index is 0.512. The van der Waals surface area contributed by atoms with Crippen LogP contribution in [-0.4, -0.2) is 35.1 Å². The first-order valence-electron chi connectivity index (χ1n) is 8.47. The Morgan fingerprint density at radius 3 is 2.59 bits per heavy atom. The molecule has 0 aliphatic rings. The molecule has 2 N–H and O–H groups in total. The molecule has 0 saturated heterocycles. The van der Waals surface area contributed by atoms with Crippen LogP contribution in [0.15, 0.2) is 49.1 Å². The molecule has 0 aliphatic carbocycles. The lowest BCUT2D eigenvalue weighted by Gasteiger charge is -2.17. The fraction of sp³-hybridized carbons (Fsp3) is 0.211. The zero-order valence-corrected chi connectivity index (χ0v) is 15.2. The first kappa shape index (κ1) is 17.0. The van der Waals surface area contributed by atoms with Gasteiger partial charge in [-0.05, 0) is 38.1 Å². The van der Waals surface area contributed by atoms with E-state index in [1.807, 2.05) is 37.6 Å². The molecule has 4 heterocycles. The molecule has 0 unspecified atom stereocenters. The van der Waals surface area contributed by atoms with Crippen molar-refractivity contribution >= 4 is 22.7 Å².